The quantitative estimate of drug-likeness (QED) is 0.431. The number of para-hydroxylation sites is 1. The van der Waals surface area contributed by atoms with Crippen molar-refractivity contribution in [1.82, 2.24) is 10.5 Å². The molecule has 7 heteroatoms. The number of hydrogen-bond donors (Lipinski definition) is 1. The maximum absolute atomic E-state index is 12.5. The molecule has 0 radical (unpaired) electrons. The molecule has 3 rings (SSSR count). The molecule has 0 fully saturated rings. The summed E-state index contributed by atoms with van der Waals surface area (Å²) < 4.78 is 5.27. The smallest absolute Gasteiger partial charge is 0.274 e. The number of thioether (sulfide) groups is 1. The summed E-state index contributed by atoms with van der Waals surface area (Å²) in [5.41, 5.74) is 2.30. The van der Waals surface area contributed by atoms with Crippen LogP contribution in [0, 0.1) is 0 Å². The number of hydrogen-bond acceptors (Lipinski definition) is 6. The maximum Gasteiger partial charge on any atom is 0.274 e. The normalized spacial score (nSPS) is 11.7. The lowest BCUT2D eigenvalue weighted by Gasteiger charge is -2.18. The van der Waals surface area contributed by atoms with Gasteiger partial charge in [-0.2, -0.15) is 0 Å². The molecule has 0 spiro atoms. The number of nitrogens with zero attached hydrogens (tertiary/aromatic N) is 2. The van der Waals surface area contributed by atoms with E-state index >= 15 is 0 Å². The zero-order valence-electron chi connectivity index (χ0n) is 16.4. The van der Waals surface area contributed by atoms with Crippen molar-refractivity contribution in [2.75, 3.05) is 24.7 Å². The Morgan fingerprint density at radius 3 is 2.62 bits per heavy atom. The van der Waals surface area contributed by atoms with Crippen molar-refractivity contribution < 1.29 is 14.1 Å². The minimum Gasteiger partial charge on any atom is -0.377 e. The largest absolute Gasteiger partial charge is 0.377 e. The van der Waals surface area contributed by atoms with Crippen LogP contribution in [0.2, 0.25) is 0 Å². The lowest BCUT2D eigenvalue weighted by Crippen LogP contribution is -2.38. The third-order valence-electron chi connectivity index (χ3n) is 4.26. The highest BCUT2D eigenvalue weighted by atomic mass is 32.2. The van der Waals surface area contributed by atoms with Gasteiger partial charge in [0.05, 0.1) is 6.04 Å². The second-order valence-corrected chi connectivity index (χ2v) is 7.79. The second-order valence-electron chi connectivity index (χ2n) is 6.73. The monoisotopic (exact) mass is 409 g/mol. The number of carbonyl (C=O) groups excluding carboxylic acids is 2. The fourth-order valence-electron chi connectivity index (χ4n) is 2.79. The Morgan fingerprint density at radius 2 is 1.90 bits per heavy atom. The Hall–Kier alpha value is -3.06. The lowest BCUT2D eigenvalue weighted by atomic mass is 10.1. The summed E-state index contributed by atoms with van der Waals surface area (Å²) in [5, 5.41) is 6.55. The SMILES string of the molecule is CN(C)c1ccccc1SC[C@@H](C=O)NC(=O)c1cc(Cc2ccccc2)on1. The number of carbonyl (C=O) groups is 2. The summed E-state index contributed by atoms with van der Waals surface area (Å²) in [6.45, 7) is 0. The van der Waals surface area contributed by atoms with Crippen LogP contribution in [0.5, 0.6) is 0 Å². The van der Waals surface area contributed by atoms with Crippen LogP contribution in [-0.4, -0.2) is 43.2 Å². The molecule has 1 heterocycles. The summed E-state index contributed by atoms with van der Waals surface area (Å²) in [6.07, 6.45) is 1.30. The summed E-state index contributed by atoms with van der Waals surface area (Å²) in [7, 11) is 3.94. The van der Waals surface area contributed by atoms with Gasteiger partial charge in [-0.3, -0.25) is 4.79 Å². The third kappa shape index (κ3) is 5.71. The Morgan fingerprint density at radius 1 is 1.17 bits per heavy atom. The van der Waals surface area contributed by atoms with E-state index < -0.39 is 11.9 Å². The van der Waals surface area contributed by atoms with Gasteiger partial charge in [-0.15, -0.1) is 11.8 Å². The van der Waals surface area contributed by atoms with E-state index in [0.29, 0.717) is 17.9 Å². The molecule has 0 saturated carbocycles. The van der Waals surface area contributed by atoms with Crippen molar-refractivity contribution in [3.8, 4) is 0 Å². The van der Waals surface area contributed by atoms with E-state index in [1.165, 1.54) is 11.8 Å². The molecule has 1 N–H and O–H groups in total. The van der Waals surface area contributed by atoms with Gasteiger partial charge in [0.2, 0.25) is 0 Å². The summed E-state index contributed by atoms with van der Waals surface area (Å²) >= 11 is 1.52. The van der Waals surface area contributed by atoms with Gasteiger partial charge in [-0.1, -0.05) is 47.6 Å². The minimum absolute atomic E-state index is 0.168. The number of rotatable bonds is 9. The van der Waals surface area contributed by atoms with Gasteiger partial charge < -0.3 is 19.5 Å². The van der Waals surface area contributed by atoms with E-state index in [1.807, 2.05) is 73.6 Å². The number of amides is 1. The van der Waals surface area contributed by atoms with Crippen LogP contribution in [0.15, 0.2) is 70.1 Å². The summed E-state index contributed by atoms with van der Waals surface area (Å²) in [4.78, 5) is 27.0. The summed E-state index contributed by atoms with van der Waals surface area (Å²) in [6, 6.07) is 18.7. The molecule has 0 aliphatic rings. The van der Waals surface area contributed by atoms with Gasteiger partial charge in [0.1, 0.15) is 12.0 Å². The molecule has 0 aliphatic heterocycles. The molecule has 1 aromatic heterocycles. The summed E-state index contributed by atoms with van der Waals surface area (Å²) in [5.74, 6) is 0.597. The predicted molar refractivity (Wildman–Crippen MR) is 115 cm³/mol. The van der Waals surface area contributed by atoms with Crippen molar-refractivity contribution in [1.29, 1.82) is 0 Å². The van der Waals surface area contributed by atoms with E-state index in [-0.39, 0.29) is 5.69 Å². The van der Waals surface area contributed by atoms with E-state index in [9.17, 15) is 9.59 Å². The Balaban J connectivity index is 1.58. The number of anilines is 1. The van der Waals surface area contributed by atoms with Crippen LogP contribution in [-0.2, 0) is 11.2 Å². The van der Waals surface area contributed by atoms with Crippen LogP contribution < -0.4 is 10.2 Å². The van der Waals surface area contributed by atoms with Crippen molar-refractivity contribution >= 4 is 29.6 Å². The topological polar surface area (TPSA) is 75.4 Å². The zero-order chi connectivity index (χ0) is 20.6. The first-order valence-electron chi connectivity index (χ1n) is 9.21. The second kappa shape index (κ2) is 9.93. The van der Waals surface area contributed by atoms with Crippen molar-refractivity contribution in [2.45, 2.75) is 17.4 Å². The third-order valence-corrected chi connectivity index (χ3v) is 5.44. The number of aldehydes is 1. The minimum atomic E-state index is -0.628. The Bertz CT molecular complexity index is 957. The van der Waals surface area contributed by atoms with Crippen molar-refractivity contribution in [3.63, 3.8) is 0 Å². The van der Waals surface area contributed by atoms with E-state index in [4.69, 9.17) is 4.52 Å². The molecule has 1 atom stereocenters. The molecule has 150 valence electrons. The first kappa shape index (κ1) is 20.7. The Kier molecular flexibility index (Phi) is 7.08. The Labute approximate surface area is 174 Å². The van der Waals surface area contributed by atoms with Gasteiger partial charge in [0, 0.05) is 42.9 Å². The van der Waals surface area contributed by atoms with Gasteiger partial charge in [-0.25, -0.2) is 0 Å². The van der Waals surface area contributed by atoms with Gasteiger partial charge in [0.25, 0.3) is 5.91 Å². The molecule has 29 heavy (non-hydrogen) atoms. The highest BCUT2D eigenvalue weighted by Gasteiger charge is 2.18. The van der Waals surface area contributed by atoms with Crippen molar-refractivity contribution in [3.05, 3.63) is 77.7 Å². The number of nitrogens with one attached hydrogen (secondary N) is 1. The highest BCUT2D eigenvalue weighted by Crippen LogP contribution is 2.29. The standard InChI is InChI=1S/C22H23N3O3S/c1-25(2)20-10-6-7-11-21(20)29-15-17(14-26)23-22(27)19-13-18(28-24-19)12-16-8-4-3-5-9-16/h3-11,13-14,17H,12,15H2,1-2H3,(H,23,27)/t17-/m1/s1. The molecular weight excluding hydrogens is 386 g/mol. The van der Waals surface area contributed by atoms with Gasteiger partial charge in [0.15, 0.2) is 5.69 Å². The molecular formula is C22H23N3O3S. The number of aromatic nitrogens is 1. The molecule has 0 saturated heterocycles. The molecule has 1 amide bonds. The van der Waals surface area contributed by atoms with Gasteiger partial charge in [-0.05, 0) is 17.7 Å². The average Bonchev–Trinajstić information content (AvgIpc) is 3.20. The molecule has 0 aliphatic carbocycles. The average molecular weight is 410 g/mol. The maximum atomic E-state index is 12.5. The fraction of sp³-hybridized carbons (Fsp3) is 0.227. The first-order chi connectivity index (χ1) is 14.1. The highest BCUT2D eigenvalue weighted by molar-refractivity contribution is 7.99. The van der Waals surface area contributed by atoms with Crippen LogP contribution in [0.4, 0.5) is 5.69 Å². The fourth-order valence-corrected chi connectivity index (χ4v) is 3.88. The van der Waals surface area contributed by atoms with E-state index in [1.54, 1.807) is 6.07 Å². The van der Waals surface area contributed by atoms with E-state index in [2.05, 4.69) is 10.5 Å². The molecule has 6 nitrogen and oxygen atoms in total. The van der Waals surface area contributed by atoms with Crippen LogP contribution in [0.3, 0.4) is 0 Å². The van der Waals surface area contributed by atoms with Crippen molar-refractivity contribution in [2.24, 2.45) is 0 Å². The first-order valence-corrected chi connectivity index (χ1v) is 10.2. The van der Waals surface area contributed by atoms with Crippen LogP contribution in [0.25, 0.3) is 0 Å². The molecule has 0 unspecified atom stereocenters. The zero-order valence-corrected chi connectivity index (χ0v) is 17.2. The molecule has 0 bridgehead atoms. The van der Waals surface area contributed by atoms with Gasteiger partial charge >= 0.3 is 0 Å². The van der Waals surface area contributed by atoms with Crippen LogP contribution in [0.1, 0.15) is 21.8 Å². The number of benzene rings is 2. The lowest BCUT2D eigenvalue weighted by molar-refractivity contribution is -0.109. The predicted octanol–water partition coefficient (Wildman–Crippen LogP) is 3.42. The molecule has 2 aromatic carbocycles. The van der Waals surface area contributed by atoms with E-state index in [0.717, 1.165) is 22.4 Å². The van der Waals surface area contributed by atoms with Crippen LogP contribution >= 0.6 is 11.8 Å². The molecule has 3 aromatic rings.